The van der Waals surface area contributed by atoms with Gasteiger partial charge in [-0.2, -0.15) is 0 Å². The summed E-state index contributed by atoms with van der Waals surface area (Å²) in [6.07, 6.45) is 2.95. The summed E-state index contributed by atoms with van der Waals surface area (Å²) in [6.45, 7) is 1.47. The van der Waals surface area contributed by atoms with Crippen LogP contribution in [0.2, 0.25) is 0 Å². The van der Waals surface area contributed by atoms with E-state index in [0.717, 1.165) is 19.3 Å². The average Bonchev–Trinajstić information content (AvgIpc) is 3.10. The van der Waals surface area contributed by atoms with Crippen molar-refractivity contribution >= 4 is 27.5 Å². The highest BCUT2D eigenvalue weighted by Gasteiger charge is 2.35. The number of benzene rings is 1. The second kappa shape index (κ2) is 8.91. The molecular formula is C19H27N3O5S. The van der Waals surface area contributed by atoms with Crippen molar-refractivity contribution in [3.05, 3.63) is 24.3 Å². The number of carbonyl (C=O) groups is 2. The number of anilines is 1. The second-order valence-corrected chi connectivity index (χ2v) is 9.26. The Labute approximate surface area is 165 Å². The lowest BCUT2D eigenvalue weighted by atomic mass is 10.1. The maximum atomic E-state index is 12.4. The molecule has 0 bridgehead atoms. The van der Waals surface area contributed by atoms with Crippen LogP contribution in [0.3, 0.4) is 0 Å². The van der Waals surface area contributed by atoms with Gasteiger partial charge in [0.15, 0.2) is 0 Å². The first kappa shape index (κ1) is 20.6. The van der Waals surface area contributed by atoms with E-state index in [0.29, 0.717) is 24.5 Å². The number of hydrogen-bond donors (Lipinski definition) is 1. The van der Waals surface area contributed by atoms with Crippen LogP contribution in [0, 0.1) is 5.92 Å². The van der Waals surface area contributed by atoms with Gasteiger partial charge in [-0.1, -0.05) is 6.42 Å². The van der Waals surface area contributed by atoms with Crippen molar-refractivity contribution in [1.82, 2.24) is 9.62 Å². The molecule has 8 nitrogen and oxygen atoms in total. The molecule has 0 spiro atoms. The fourth-order valence-electron chi connectivity index (χ4n) is 3.61. The van der Waals surface area contributed by atoms with Crippen LogP contribution in [0.4, 0.5) is 5.69 Å². The Balaban J connectivity index is 1.50. The SMILES string of the molecule is COc1ccc(N2C[C@H](C(=O)NCCS(=O)(=O)N3CCCCC3)CC2=O)cc1. The Morgan fingerprint density at radius 3 is 2.50 bits per heavy atom. The number of nitrogens with zero attached hydrogens (tertiary/aromatic N) is 2. The topological polar surface area (TPSA) is 96.0 Å². The maximum absolute atomic E-state index is 12.4. The summed E-state index contributed by atoms with van der Waals surface area (Å²) in [5.74, 6) is -0.293. The molecule has 2 aliphatic rings. The van der Waals surface area contributed by atoms with Gasteiger partial charge in [0.05, 0.1) is 18.8 Å². The monoisotopic (exact) mass is 409 g/mol. The number of carbonyl (C=O) groups excluding carboxylic acids is 2. The summed E-state index contributed by atoms with van der Waals surface area (Å²) in [6, 6.07) is 7.09. The van der Waals surface area contributed by atoms with E-state index in [-0.39, 0.29) is 37.1 Å². The maximum Gasteiger partial charge on any atom is 0.227 e. The van der Waals surface area contributed by atoms with Gasteiger partial charge in [0.1, 0.15) is 5.75 Å². The molecule has 1 aromatic rings. The largest absolute Gasteiger partial charge is 0.497 e. The van der Waals surface area contributed by atoms with Crippen LogP contribution < -0.4 is 15.0 Å². The highest BCUT2D eigenvalue weighted by Crippen LogP contribution is 2.26. The lowest BCUT2D eigenvalue weighted by Gasteiger charge is -2.25. The first-order chi connectivity index (χ1) is 13.4. The van der Waals surface area contributed by atoms with Gasteiger partial charge in [-0.25, -0.2) is 12.7 Å². The first-order valence-electron chi connectivity index (χ1n) is 9.60. The Hall–Kier alpha value is -2.13. The van der Waals surface area contributed by atoms with Gasteiger partial charge >= 0.3 is 0 Å². The van der Waals surface area contributed by atoms with Crippen molar-refractivity contribution in [1.29, 1.82) is 0 Å². The number of hydrogen-bond acceptors (Lipinski definition) is 5. The van der Waals surface area contributed by atoms with Gasteiger partial charge < -0.3 is 15.0 Å². The van der Waals surface area contributed by atoms with E-state index in [2.05, 4.69) is 5.32 Å². The number of piperidine rings is 1. The molecule has 9 heteroatoms. The zero-order valence-corrected chi connectivity index (χ0v) is 16.9. The zero-order chi connectivity index (χ0) is 20.1. The predicted molar refractivity (Wildman–Crippen MR) is 106 cm³/mol. The van der Waals surface area contributed by atoms with E-state index in [1.807, 2.05) is 0 Å². The predicted octanol–water partition coefficient (Wildman–Crippen LogP) is 0.980. The molecule has 0 aromatic heterocycles. The molecule has 2 heterocycles. The summed E-state index contributed by atoms with van der Waals surface area (Å²) in [7, 11) is -1.77. The fourth-order valence-corrected chi connectivity index (χ4v) is 5.05. The van der Waals surface area contributed by atoms with E-state index in [1.165, 1.54) is 4.31 Å². The van der Waals surface area contributed by atoms with E-state index in [9.17, 15) is 18.0 Å². The molecule has 1 aromatic carbocycles. The summed E-state index contributed by atoms with van der Waals surface area (Å²) in [4.78, 5) is 26.3. The molecule has 1 atom stereocenters. The Kier molecular flexibility index (Phi) is 6.56. The van der Waals surface area contributed by atoms with Crippen molar-refractivity contribution in [2.45, 2.75) is 25.7 Å². The van der Waals surface area contributed by atoms with Crippen molar-refractivity contribution < 1.29 is 22.7 Å². The average molecular weight is 410 g/mol. The van der Waals surface area contributed by atoms with Crippen molar-refractivity contribution in [2.75, 3.05) is 43.9 Å². The summed E-state index contributed by atoms with van der Waals surface area (Å²) in [5, 5.41) is 2.69. The quantitative estimate of drug-likeness (QED) is 0.724. The van der Waals surface area contributed by atoms with E-state index >= 15 is 0 Å². The van der Waals surface area contributed by atoms with E-state index < -0.39 is 15.9 Å². The third kappa shape index (κ3) is 4.82. The van der Waals surface area contributed by atoms with Crippen molar-refractivity contribution in [3.8, 4) is 5.75 Å². The fraction of sp³-hybridized carbons (Fsp3) is 0.579. The normalized spacial score (nSPS) is 21.0. The Bertz CT molecular complexity index is 803. The summed E-state index contributed by atoms with van der Waals surface area (Å²) < 4.78 is 31.3. The number of ether oxygens (including phenoxy) is 1. The van der Waals surface area contributed by atoms with Crippen molar-refractivity contribution in [2.24, 2.45) is 5.92 Å². The van der Waals surface area contributed by atoms with E-state index in [4.69, 9.17) is 4.74 Å². The summed E-state index contributed by atoms with van der Waals surface area (Å²) >= 11 is 0. The zero-order valence-electron chi connectivity index (χ0n) is 16.1. The molecule has 3 rings (SSSR count). The molecule has 1 N–H and O–H groups in total. The van der Waals surface area contributed by atoms with Crippen LogP contribution in [-0.2, 0) is 19.6 Å². The highest BCUT2D eigenvalue weighted by atomic mass is 32.2. The second-order valence-electron chi connectivity index (χ2n) is 7.17. The molecule has 2 amide bonds. The van der Waals surface area contributed by atoms with E-state index in [1.54, 1.807) is 36.3 Å². The number of methoxy groups -OCH3 is 1. The number of rotatable bonds is 7. The highest BCUT2D eigenvalue weighted by molar-refractivity contribution is 7.89. The van der Waals surface area contributed by atoms with Crippen LogP contribution >= 0.6 is 0 Å². The Morgan fingerprint density at radius 2 is 1.86 bits per heavy atom. The molecule has 0 aliphatic carbocycles. The van der Waals surface area contributed by atoms with Gasteiger partial charge in [0.2, 0.25) is 21.8 Å². The first-order valence-corrected chi connectivity index (χ1v) is 11.2. The third-order valence-electron chi connectivity index (χ3n) is 5.25. The minimum atomic E-state index is -3.34. The van der Waals surface area contributed by atoms with Gasteiger partial charge in [0.25, 0.3) is 0 Å². The van der Waals surface area contributed by atoms with Gasteiger partial charge in [0, 0.05) is 38.3 Å². The molecule has 28 heavy (non-hydrogen) atoms. The van der Waals surface area contributed by atoms with Crippen LogP contribution in [0.15, 0.2) is 24.3 Å². The minimum absolute atomic E-state index is 0.0604. The molecular weight excluding hydrogens is 382 g/mol. The smallest absolute Gasteiger partial charge is 0.227 e. The lowest BCUT2D eigenvalue weighted by molar-refractivity contribution is -0.126. The molecule has 0 unspecified atom stereocenters. The van der Waals surface area contributed by atoms with Crippen LogP contribution in [0.5, 0.6) is 5.75 Å². The van der Waals surface area contributed by atoms with Gasteiger partial charge in [-0.05, 0) is 37.1 Å². The molecule has 0 radical (unpaired) electrons. The molecule has 2 saturated heterocycles. The van der Waals surface area contributed by atoms with Gasteiger partial charge in [-0.15, -0.1) is 0 Å². The van der Waals surface area contributed by atoms with Crippen LogP contribution in [0.25, 0.3) is 0 Å². The lowest BCUT2D eigenvalue weighted by Crippen LogP contribution is -2.41. The number of amides is 2. The number of sulfonamides is 1. The molecule has 154 valence electrons. The summed E-state index contributed by atoms with van der Waals surface area (Å²) in [5.41, 5.74) is 0.716. The standard InChI is InChI=1S/C19H27N3O5S/c1-27-17-7-5-16(6-8-17)22-14-15(13-18(22)23)19(24)20-9-12-28(25,26)21-10-3-2-4-11-21/h5-8,15H,2-4,9-14H2,1H3,(H,20,24)/t15-/m1/s1. The molecule has 2 aliphatic heterocycles. The molecule has 0 saturated carbocycles. The molecule has 2 fully saturated rings. The van der Waals surface area contributed by atoms with Crippen molar-refractivity contribution in [3.63, 3.8) is 0 Å². The van der Waals surface area contributed by atoms with Gasteiger partial charge in [-0.3, -0.25) is 9.59 Å². The van der Waals surface area contributed by atoms with Crippen LogP contribution in [-0.4, -0.2) is 63.6 Å². The minimum Gasteiger partial charge on any atom is -0.497 e. The van der Waals surface area contributed by atoms with Crippen LogP contribution in [0.1, 0.15) is 25.7 Å². The number of nitrogens with one attached hydrogen (secondary N) is 1. The Morgan fingerprint density at radius 1 is 1.18 bits per heavy atom. The third-order valence-corrected chi connectivity index (χ3v) is 7.12.